The summed E-state index contributed by atoms with van der Waals surface area (Å²) in [6.07, 6.45) is 1.25. The van der Waals surface area contributed by atoms with Crippen LogP contribution in [0.3, 0.4) is 0 Å². The molecule has 2 rings (SSSR count). The number of urea groups is 1. The summed E-state index contributed by atoms with van der Waals surface area (Å²) in [5, 5.41) is 23.0. The van der Waals surface area contributed by atoms with Crippen LogP contribution < -0.4 is 32.3 Å². The highest BCUT2D eigenvalue weighted by Crippen LogP contribution is 2.20. The Balaban J connectivity index is 1.85. The van der Waals surface area contributed by atoms with Crippen LogP contribution in [0.2, 0.25) is 0 Å². The maximum Gasteiger partial charge on any atom is 0.409 e. The molecule has 1 unspecified atom stereocenters. The Morgan fingerprint density at radius 2 is 1.67 bits per heavy atom. The van der Waals surface area contributed by atoms with Crippen LogP contribution in [0.5, 0.6) is 0 Å². The first-order valence-electron chi connectivity index (χ1n) is 14.1. The first kappa shape index (κ1) is 37.2. The molecule has 0 spiro atoms. The molecule has 1 aromatic heterocycles. The summed E-state index contributed by atoms with van der Waals surface area (Å²) < 4.78 is 5.21. The molecule has 1 atom stereocenters. The van der Waals surface area contributed by atoms with Crippen molar-refractivity contribution < 1.29 is 38.6 Å². The van der Waals surface area contributed by atoms with Gasteiger partial charge in [-0.1, -0.05) is 31.9 Å². The minimum atomic E-state index is -1.20. The van der Waals surface area contributed by atoms with Crippen LogP contribution in [-0.2, 0) is 23.9 Å². The van der Waals surface area contributed by atoms with Crippen molar-refractivity contribution in [2.45, 2.75) is 44.6 Å². The van der Waals surface area contributed by atoms with Gasteiger partial charge in [0.05, 0.1) is 24.6 Å². The average molecular weight is 759 g/mol. The van der Waals surface area contributed by atoms with Crippen molar-refractivity contribution in [3.63, 3.8) is 0 Å². The fraction of sp³-hybridized carbons (Fsp3) is 0.464. The number of anilines is 2. The molecule has 0 bridgehead atoms. The number of benzene rings is 1. The van der Waals surface area contributed by atoms with Crippen molar-refractivity contribution in [1.82, 2.24) is 20.9 Å². The van der Waals surface area contributed by atoms with E-state index in [0.29, 0.717) is 52.9 Å². The molecule has 1 heterocycles. The predicted octanol–water partition coefficient (Wildman–Crippen LogP) is 2.82. The minimum absolute atomic E-state index is 0.153. The van der Waals surface area contributed by atoms with Crippen LogP contribution in [0.15, 0.2) is 30.3 Å². The normalized spacial score (nSPS) is 11.4. The van der Waals surface area contributed by atoms with Gasteiger partial charge >= 0.3 is 18.1 Å². The molecule has 1 aromatic carbocycles. The molecule has 0 aliphatic rings. The highest BCUT2D eigenvalue weighted by molar-refractivity contribution is 9.09. The van der Waals surface area contributed by atoms with Crippen LogP contribution in [0.25, 0.3) is 10.9 Å². The molecule has 2 aromatic rings. The molecule has 6 amide bonds. The monoisotopic (exact) mass is 757 g/mol. The number of pyridine rings is 1. The lowest BCUT2D eigenvalue weighted by Gasteiger charge is -2.19. The number of aromatic nitrogens is 1. The van der Waals surface area contributed by atoms with Gasteiger partial charge in [0.1, 0.15) is 11.9 Å². The summed E-state index contributed by atoms with van der Waals surface area (Å²) in [5.74, 6) is -1.83. The number of carbonyl (C=O) groups excluding carboxylic acids is 5. The zero-order valence-electron chi connectivity index (χ0n) is 24.4. The number of carbonyl (C=O) groups is 6. The lowest BCUT2D eigenvalue weighted by Crippen LogP contribution is -2.47. The topological polar surface area (TPSA) is 231 Å². The Hall–Kier alpha value is -3.99. The number of hydrogen-bond acceptors (Lipinski definition) is 8. The fourth-order valence-corrected chi connectivity index (χ4v) is 5.53. The zero-order chi connectivity index (χ0) is 33.2. The van der Waals surface area contributed by atoms with E-state index in [-0.39, 0.29) is 56.2 Å². The first-order valence-corrected chi connectivity index (χ1v) is 16.4. The van der Waals surface area contributed by atoms with Gasteiger partial charge in [-0.25, -0.2) is 14.6 Å². The highest BCUT2D eigenvalue weighted by Gasteiger charge is 2.22. The summed E-state index contributed by atoms with van der Waals surface area (Å²) in [7, 11) is 0. The Labute approximate surface area is 276 Å². The smallest absolute Gasteiger partial charge is 0.409 e. The number of alkyl halides is 2. The number of carboxylic acid groups (broad SMARTS) is 1. The van der Waals surface area contributed by atoms with Crippen LogP contribution in [0, 0.1) is 5.92 Å². The predicted molar refractivity (Wildman–Crippen MR) is 174 cm³/mol. The number of nitrogens with zero attached hydrogens (tertiary/aromatic N) is 1. The molecule has 15 nitrogen and oxygen atoms in total. The van der Waals surface area contributed by atoms with E-state index < -0.39 is 30.0 Å². The van der Waals surface area contributed by atoms with Crippen molar-refractivity contribution in [1.29, 1.82) is 0 Å². The van der Waals surface area contributed by atoms with Gasteiger partial charge in [-0.05, 0) is 62.4 Å². The molecule has 0 aliphatic heterocycles. The third kappa shape index (κ3) is 14.6. The summed E-state index contributed by atoms with van der Waals surface area (Å²) in [6, 6.07) is 6.17. The van der Waals surface area contributed by atoms with Gasteiger partial charge in [-0.2, -0.15) is 0 Å². The van der Waals surface area contributed by atoms with Crippen LogP contribution >= 0.6 is 31.9 Å². The Kier molecular flexibility index (Phi) is 16.6. The van der Waals surface area contributed by atoms with Crippen LogP contribution in [-0.4, -0.2) is 82.3 Å². The molecule has 246 valence electrons. The zero-order valence-corrected chi connectivity index (χ0v) is 27.6. The van der Waals surface area contributed by atoms with Crippen LogP contribution in [0.4, 0.5) is 21.1 Å². The fourth-order valence-electron chi connectivity index (χ4n) is 3.93. The lowest BCUT2D eigenvalue weighted by atomic mass is 10.1. The number of fused-ring (bicyclic) bond motifs is 1. The standard InChI is InChI=1S/C28H37Br2N7O8/c29-14-18(15-30)26(41)45-12-3-1-2-6-23(38)33-16-24(39)36-21(5-4-11-32-27(31)42)25(40)37-22-10-7-17-13-19(34-28(43)44)8-9-20(17)35-22/h7-10,13,18,21,34H,1-6,11-12,14-16H2,(H,33,38)(H,36,39)(H,43,44)(H3,31,32,42)(H,35,37,40). The number of amides is 6. The molecule has 0 saturated heterocycles. The Morgan fingerprint density at radius 1 is 0.911 bits per heavy atom. The van der Waals surface area contributed by atoms with Crippen molar-refractivity contribution >= 4 is 90.1 Å². The molecule has 17 heteroatoms. The third-order valence-corrected chi connectivity index (χ3v) is 7.82. The largest absolute Gasteiger partial charge is 0.465 e. The second kappa shape index (κ2) is 20.1. The van der Waals surface area contributed by atoms with Crippen molar-refractivity contribution in [2.24, 2.45) is 11.7 Å². The lowest BCUT2D eigenvalue weighted by molar-refractivity contribution is -0.147. The second-order valence-electron chi connectivity index (χ2n) is 9.84. The number of esters is 1. The number of unbranched alkanes of at least 4 members (excludes halogenated alkanes) is 2. The molecular weight excluding hydrogens is 722 g/mol. The molecule has 45 heavy (non-hydrogen) atoms. The second-order valence-corrected chi connectivity index (χ2v) is 11.1. The van der Waals surface area contributed by atoms with E-state index in [0.717, 1.165) is 0 Å². The molecular formula is C28H37Br2N7O8. The highest BCUT2D eigenvalue weighted by atomic mass is 79.9. The van der Waals surface area contributed by atoms with E-state index in [1.807, 2.05) is 0 Å². The Bertz CT molecular complexity index is 1340. The SMILES string of the molecule is NC(=O)NCCCC(NC(=O)CNC(=O)CCCCCOC(=O)C(CBr)CBr)C(=O)Nc1ccc2cc(NC(=O)O)ccc2n1. The van der Waals surface area contributed by atoms with E-state index in [2.05, 4.69) is 63.4 Å². The number of hydrogen-bond donors (Lipinski definition) is 7. The number of nitrogens with two attached hydrogens (primary N) is 1. The van der Waals surface area contributed by atoms with Crippen LogP contribution in [0.1, 0.15) is 38.5 Å². The third-order valence-electron chi connectivity index (χ3n) is 6.26. The summed E-state index contributed by atoms with van der Waals surface area (Å²) >= 11 is 6.52. The molecule has 0 fully saturated rings. The van der Waals surface area contributed by atoms with Gasteiger partial charge in [-0.15, -0.1) is 0 Å². The average Bonchev–Trinajstić information content (AvgIpc) is 2.99. The van der Waals surface area contributed by atoms with Gasteiger partial charge in [0.15, 0.2) is 0 Å². The Morgan fingerprint density at radius 3 is 2.36 bits per heavy atom. The number of halogens is 2. The van der Waals surface area contributed by atoms with E-state index in [9.17, 15) is 28.8 Å². The summed E-state index contributed by atoms with van der Waals surface area (Å²) in [4.78, 5) is 76.0. The quantitative estimate of drug-likeness (QED) is 0.0634. The van der Waals surface area contributed by atoms with Gasteiger partial charge in [0, 0.05) is 34.7 Å². The van der Waals surface area contributed by atoms with Gasteiger partial charge < -0.3 is 36.8 Å². The number of ether oxygens (including phenoxy) is 1. The van der Waals surface area contributed by atoms with Gasteiger partial charge in [0.25, 0.3) is 0 Å². The number of rotatable bonds is 19. The van der Waals surface area contributed by atoms with Crippen molar-refractivity contribution in [3.05, 3.63) is 30.3 Å². The van der Waals surface area contributed by atoms with E-state index in [1.54, 1.807) is 18.2 Å². The molecule has 0 saturated carbocycles. The van der Waals surface area contributed by atoms with E-state index in [1.165, 1.54) is 12.1 Å². The molecule has 0 radical (unpaired) electrons. The number of primary amides is 1. The van der Waals surface area contributed by atoms with Crippen molar-refractivity contribution in [2.75, 3.05) is 41.0 Å². The van der Waals surface area contributed by atoms with Gasteiger partial charge in [0.2, 0.25) is 17.7 Å². The van der Waals surface area contributed by atoms with Crippen molar-refractivity contribution in [3.8, 4) is 0 Å². The minimum Gasteiger partial charge on any atom is -0.465 e. The number of nitrogens with one attached hydrogen (secondary N) is 5. The van der Waals surface area contributed by atoms with E-state index in [4.69, 9.17) is 15.6 Å². The summed E-state index contributed by atoms with van der Waals surface area (Å²) in [6.45, 7) is 0.0956. The van der Waals surface area contributed by atoms with Gasteiger partial charge in [-0.3, -0.25) is 24.5 Å². The molecule has 0 aliphatic carbocycles. The maximum absolute atomic E-state index is 13.1. The van der Waals surface area contributed by atoms with E-state index >= 15 is 0 Å². The summed E-state index contributed by atoms with van der Waals surface area (Å²) in [5.41, 5.74) is 5.95. The maximum atomic E-state index is 13.1. The first-order chi connectivity index (χ1) is 21.5. The molecule has 8 N–H and O–H groups in total.